The molecule has 2 heterocycles. The molecule has 0 radical (unpaired) electrons. The number of aryl methyl sites for hydroxylation is 3. The van der Waals surface area contributed by atoms with Crippen molar-refractivity contribution < 1.29 is 18.0 Å². The molecule has 0 amide bonds. The molecule has 0 aliphatic rings. The van der Waals surface area contributed by atoms with E-state index < -0.39 is 16.1 Å². The Morgan fingerprint density at radius 3 is 2.65 bits per heavy atom. The summed E-state index contributed by atoms with van der Waals surface area (Å²) >= 11 is 1.40. The second kappa shape index (κ2) is 5.65. The van der Waals surface area contributed by atoms with Gasteiger partial charge in [-0.2, -0.15) is 0 Å². The monoisotopic (exact) mass is 316 g/mol. The van der Waals surface area contributed by atoms with Gasteiger partial charge in [-0.3, -0.25) is 0 Å². The van der Waals surface area contributed by atoms with Crippen molar-refractivity contribution in [3.8, 4) is 0 Å². The number of aliphatic hydroxyl groups excluding tert-OH is 1. The van der Waals surface area contributed by atoms with Crippen molar-refractivity contribution in [3.63, 3.8) is 0 Å². The maximum Gasteiger partial charge on any atom is 0.246 e. The van der Waals surface area contributed by atoms with Crippen LogP contribution in [0.15, 0.2) is 20.9 Å². The molecule has 0 aliphatic heterocycles. The Balaban J connectivity index is 2.13. The first kappa shape index (κ1) is 15.2. The normalized spacial score (nSPS) is 13.6. The van der Waals surface area contributed by atoms with Crippen molar-refractivity contribution >= 4 is 21.4 Å². The Hall–Kier alpha value is -1.22. The molecule has 20 heavy (non-hydrogen) atoms. The average molecular weight is 316 g/mol. The van der Waals surface area contributed by atoms with Gasteiger partial charge in [0.15, 0.2) is 5.76 Å². The number of nitrogens with zero attached hydrogens (tertiary/aromatic N) is 1. The molecule has 2 rings (SSSR count). The Kier molecular flexibility index (Phi) is 4.28. The van der Waals surface area contributed by atoms with Crippen LogP contribution in [-0.4, -0.2) is 25.2 Å². The second-order valence-electron chi connectivity index (χ2n) is 4.49. The van der Waals surface area contributed by atoms with Crippen LogP contribution in [0.5, 0.6) is 0 Å². The third kappa shape index (κ3) is 2.93. The minimum atomic E-state index is -3.74. The zero-order chi connectivity index (χ0) is 14.9. The fourth-order valence-corrected chi connectivity index (χ4v) is 4.21. The van der Waals surface area contributed by atoms with Gasteiger partial charge in [0.25, 0.3) is 0 Å². The van der Waals surface area contributed by atoms with Gasteiger partial charge < -0.3 is 9.63 Å². The van der Waals surface area contributed by atoms with E-state index in [9.17, 15) is 13.5 Å². The maximum absolute atomic E-state index is 12.2. The molecule has 0 aromatic carbocycles. The number of aromatic nitrogens is 1. The topological polar surface area (TPSA) is 92.4 Å². The van der Waals surface area contributed by atoms with Crippen molar-refractivity contribution in [1.82, 2.24) is 9.88 Å². The first-order chi connectivity index (χ1) is 9.33. The Labute approximate surface area is 121 Å². The van der Waals surface area contributed by atoms with Crippen molar-refractivity contribution in [2.45, 2.75) is 31.8 Å². The predicted octanol–water partition coefficient (Wildman–Crippen LogP) is 1.67. The SMILES string of the molecule is Cc1ccsc1[C@@H](O)CNS(=O)(=O)c1c(C)noc1C. The van der Waals surface area contributed by atoms with Crippen LogP contribution < -0.4 is 4.72 Å². The van der Waals surface area contributed by atoms with Crippen LogP contribution in [-0.2, 0) is 10.0 Å². The lowest BCUT2D eigenvalue weighted by molar-refractivity contribution is 0.185. The van der Waals surface area contributed by atoms with E-state index in [1.54, 1.807) is 6.92 Å². The van der Waals surface area contributed by atoms with Gasteiger partial charge >= 0.3 is 0 Å². The summed E-state index contributed by atoms with van der Waals surface area (Å²) in [6, 6.07) is 1.88. The summed E-state index contributed by atoms with van der Waals surface area (Å²) in [6.45, 7) is 4.88. The van der Waals surface area contributed by atoms with Gasteiger partial charge in [-0.25, -0.2) is 13.1 Å². The van der Waals surface area contributed by atoms with E-state index in [0.717, 1.165) is 10.4 Å². The van der Waals surface area contributed by atoms with Crippen LogP contribution >= 0.6 is 11.3 Å². The summed E-state index contributed by atoms with van der Waals surface area (Å²) in [5.74, 6) is 0.233. The minimum Gasteiger partial charge on any atom is -0.386 e. The second-order valence-corrected chi connectivity index (χ2v) is 7.14. The lowest BCUT2D eigenvalue weighted by Gasteiger charge is -2.11. The number of sulfonamides is 1. The molecule has 0 fully saturated rings. The van der Waals surface area contributed by atoms with Crippen LogP contribution in [0, 0.1) is 20.8 Å². The molecule has 2 N–H and O–H groups in total. The molecule has 110 valence electrons. The van der Waals surface area contributed by atoms with E-state index in [0.29, 0.717) is 5.69 Å². The average Bonchev–Trinajstić information content (AvgIpc) is 2.93. The molecule has 0 unspecified atom stereocenters. The highest BCUT2D eigenvalue weighted by Gasteiger charge is 2.25. The quantitative estimate of drug-likeness (QED) is 0.875. The summed E-state index contributed by atoms with van der Waals surface area (Å²) in [7, 11) is -3.74. The van der Waals surface area contributed by atoms with Crippen LogP contribution in [0.3, 0.4) is 0 Å². The number of thiophene rings is 1. The summed E-state index contributed by atoms with van der Waals surface area (Å²) in [4.78, 5) is 0.791. The fraction of sp³-hybridized carbons (Fsp3) is 0.417. The lowest BCUT2D eigenvalue weighted by Crippen LogP contribution is -2.29. The molecule has 2 aromatic rings. The number of aliphatic hydroxyl groups is 1. The van der Waals surface area contributed by atoms with Gasteiger partial charge in [-0.15, -0.1) is 11.3 Å². The van der Waals surface area contributed by atoms with Gasteiger partial charge in [-0.05, 0) is 37.8 Å². The number of hydrogen-bond donors (Lipinski definition) is 2. The summed E-state index contributed by atoms with van der Waals surface area (Å²) in [5.41, 5.74) is 1.25. The molecule has 0 saturated carbocycles. The van der Waals surface area contributed by atoms with Crippen LogP contribution in [0.4, 0.5) is 0 Å². The molecular weight excluding hydrogens is 300 g/mol. The van der Waals surface area contributed by atoms with Crippen molar-refractivity contribution in [2.75, 3.05) is 6.54 Å². The zero-order valence-corrected chi connectivity index (χ0v) is 13.0. The van der Waals surface area contributed by atoms with Crippen molar-refractivity contribution in [1.29, 1.82) is 0 Å². The van der Waals surface area contributed by atoms with Crippen LogP contribution in [0.25, 0.3) is 0 Å². The van der Waals surface area contributed by atoms with Crippen LogP contribution in [0.2, 0.25) is 0 Å². The molecule has 1 atom stereocenters. The number of nitrogens with one attached hydrogen (secondary N) is 1. The molecule has 0 spiro atoms. The minimum absolute atomic E-state index is 0.0348. The van der Waals surface area contributed by atoms with Gasteiger partial charge in [0.1, 0.15) is 16.7 Å². The zero-order valence-electron chi connectivity index (χ0n) is 11.4. The van der Waals surface area contributed by atoms with Gasteiger partial charge in [0.05, 0.1) is 0 Å². The van der Waals surface area contributed by atoms with Crippen molar-refractivity contribution in [2.24, 2.45) is 0 Å². The molecule has 2 aromatic heterocycles. The Morgan fingerprint density at radius 1 is 1.45 bits per heavy atom. The largest absolute Gasteiger partial charge is 0.386 e. The summed E-state index contributed by atoms with van der Waals surface area (Å²) in [6.07, 6.45) is -0.870. The molecule has 6 nitrogen and oxygen atoms in total. The van der Waals surface area contributed by atoms with Gasteiger partial charge in [0.2, 0.25) is 10.0 Å². The highest BCUT2D eigenvalue weighted by Crippen LogP contribution is 2.24. The first-order valence-corrected chi connectivity index (χ1v) is 8.34. The van der Waals surface area contributed by atoms with E-state index in [1.165, 1.54) is 18.3 Å². The molecule has 0 saturated heterocycles. The van der Waals surface area contributed by atoms with E-state index in [2.05, 4.69) is 9.88 Å². The summed E-state index contributed by atoms with van der Waals surface area (Å²) < 4.78 is 31.6. The number of rotatable bonds is 5. The third-order valence-corrected chi connectivity index (χ3v) is 5.69. The lowest BCUT2D eigenvalue weighted by atomic mass is 10.2. The maximum atomic E-state index is 12.2. The third-order valence-electron chi connectivity index (χ3n) is 2.91. The van der Waals surface area contributed by atoms with Crippen molar-refractivity contribution in [3.05, 3.63) is 33.3 Å². The molecule has 8 heteroatoms. The van der Waals surface area contributed by atoms with E-state index in [-0.39, 0.29) is 17.2 Å². The molecular formula is C12H16N2O4S2. The fourth-order valence-electron chi connectivity index (χ4n) is 1.94. The van der Waals surface area contributed by atoms with E-state index in [1.807, 2.05) is 18.4 Å². The Morgan fingerprint density at radius 2 is 2.15 bits per heavy atom. The van der Waals surface area contributed by atoms with Gasteiger partial charge in [-0.1, -0.05) is 5.16 Å². The Bertz CT molecular complexity index is 683. The highest BCUT2D eigenvalue weighted by atomic mass is 32.2. The van der Waals surface area contributed by atoms with Crippen LogP contribution in [0.1, 0.15) is 28.0 Å². The van der Waals surface area contributed by atoms with E-state index >= 15 is 0 Å². The highest BCUT2D eigenvalue weighted by molar-refractivity contribution is 7.89. The predicted molar refractivity (Wildman–Crippen MR) is 75.2 cm³/mol. The number of hydrogen-bond acceptors (Lipinski definition) is 6. The smallest absolute Gasteiger partial charge is 0.246 e. The standard InChI is InChI=1S/C12H16N2O4S2/c1-7-4-5-19-11(7)10(15)6-13-20(16,17)12-8(2)14-18-9(12)3/h4-5,10,13,15H,6H2,1-3H3/t10-/m0/s1. The summed E-state index contributed by atoms with van der Waals surface area (Å²) in [5, 5.41) is 15.5. The first-order valence-electron chi connectivity index (χ1n) is 5.97. The molecule has 0 aliphatic carbocycles. The molecule has 0 bridgehead atoms. The van der Waals surface area contributed by atoms with E-state index in [4.69, 9.17) is 4.52 Å². The van der Waals surface area contributed by atoms with Gasteiger partial charge in [0, 0.05) is 11.4 Å².